The third-order valence-electron chi connectivity index (χ3n) is 2.88. The molecule has 0 aromatic carbocycles. The molecular weight excluding hydrogens is 242 g/mol. The van der Waals surface area contributed by atoms with Crippen molar-refractivity contribution >= 4 is 0 Å². The molecule has 1 unspecified atom stereocenters. The summed E-state index contributed by atoms with van der Waals surface area (Å²) in [5, 5.41) is 3.38. The van der Waals surface area contributed by atoms with E-state index in [1.807, 2.05) is 20.8 Å². The Morgan fingerprint density at radius 3 is 2.84 bits per heavy atom. The molecule has 0 radical (unpaired) electrons. The molecule has 0 amide bonds. The predicted molar refractivity (Wildman–Crippen MR) is 76.2 cm³/mol. The highest BCUT2D eigenvalue weighted by Crippen LogP contribution is 2.16. The molecule has 0 saturated heterocycles. The topological polar surface area (TPSA) is 43.6 Å². The summed E-state index contributed by atoms with van der Waals surface area (Å²) in [6, 6.07) is 2.07. The lowest BCUT2D eigenvalue weighted by molar-refractivity contribution is -0.0172. The van der Waals surface area contributed by atoms with Crippen molar-refractivity contribution in [3.8, 4) is 0 Å². The summed E-state index contributed by atoms with van der Waals surface area (Å²) < 4.78 is 16.7. The first-order valence-corrected chi connectivity index (χ1v) is 7.15. The molecular formula is C15H27NO3. The SMILES string of the molecule is CCCNCc1cc(COC(C)COCC)oc1C. The Balaban J connectivity index is 2.36. The largest absolute Gasteiger partial charge is 0.464 e. The quantitative estimate of drug-likeness (QED) is 0.663. The molecule has 0 aliphatic heterocycles. The second-order valence-corrected chi connectivity index (χ2v) is 4.75. The zero-order chi connectivity index (χ0) is 14.1. The van der Waals surface area contributed by atoms with Crippen molar-refractivity contribution in [1.29, 1.82) is 0 Å². The lowest BCUT2D eigenvalue weighted by Gasteiger charge is -2.11. The van der Waals surface area contributed by atoms with Crippen LogP contribution in [0.1, 0.15) is 44.3 Å². The first-order valence-electron chi connectivity index (χ1n) is 7.15. The number of aryl methyl sites for hydroxylation is 1. The third kappa shape index (κ3) is 6.23. The van der Waals surface area contributed by atoms with Crippen molar-refractivity contribution in [2.75, 3.05) is 19.8 Å². The lowest BCUT2D eigenvalue weighted by Crippen LogP contribution is -2.15. The molecule has 0 aliphatic carbocycles. The second kappa shape index (κ2) is 9.13. The highest BCUT2D eigenvalue weighted by molar-refractivity contribution is 5.20. The van der Waals surface area contributed by atoms with Crippen LogP contribution in [0.3, 0.4) is 0 Å². The monoisotopic (exact) mass is 269 g/mol. The number of hydrogen-bond acceptors (Lipinski definition) is 4. The van der Waals surface area contributed by atoms with E-state index >= 15 is 0 Å². The van der Waals surface area contributed by atoms with Crippen LogP contribution in [0, 0.1) is 6.92 Å². The Hall–Kier alpha value is -0.840. The van der Waals surface area contributed by atoms with E-state index in [9.17, 15) is 0 Å². The Kier molecular flexibility index (Phi) is 7.79. The van der Waals surface area contributed by atoms with E-state index in [-0.39, 0.29) is 6.10 Å². The first-order chi connectivity index (χ1) is 9.17. The average Bonchev–Trinajstić information content (AvgIpc) is 2.75. The van der Waals surface area contributed by atoms with Crippen molar-refractivity contribution in [2.45, 2.75) is 53.4 Å². The van der Waals surface area contributed by atoms with Crippen molar-refractivity contribution in [3.63, 3.8) is 0 Å². The van der Waals surface area contributed by atoms with Gasteiger partial charge in [-0.15, -0.1) is 0 Å². The number of ether oxygens (including phenoxy) is 2. The Morgan fingerprint density at radius 2 is 2.16 bits per heavy atom. The van der Waals surface area contributed by atoms with Crippen LogP contribution in [0.15, 0.2) is 10.5 Å². The molecule has 1 N–H and O–H groups in total. The maximum absolute atomic E-state index is 5.69. The molecule has 4 nitrogen and oxygen atoms in total. The molecule has 19 heavy (non-hydrogen) atoms. The maximum atomic E-state index is 5.69. The van der Waals surface area contributed by atoms with Crippen LogP contribution in [0.4, 0.5) is 0 Å². The maximum Gasteiger partial charge on any atom is 0.130 e. The third-order valence-corrected chi connectivity index (χ3v) is 2.88. The van der Waals surface area contributed by atoms with E-state index < -0.39 is 0 Å². The van der Waals surface area contributed by atoms with E-state index in [0.29, 0.717) is 13.2 Å². The second-order valence-electron chi connectivity index (χ2n) is 4.75. The van der Waals surface area contributed by atoms with Gasteiger partial charge in [0.15, 0.2) is 0 Å². The standard InChI is InChI=1S/C15H27NO3/c1-5-7-16-9-14-8-15(19-13(14)4)11-18-12(3)10-17-6-2/h8,12,16H,5-7,9-11H2,1-4H3. The molecule has 0 spiro atoms. The minimum Gasteiger partial charge on any atom is -0.464 e. The summed E-state index contributed by atoms with van der Waals surface area (Å²) in [6.07, 6.45) is 1.23. The molecule has 0 saturated carbocycles. The van der Waals surface area contributed by atoms with Crippen LogP contribution < -0.4 is 5.32 Å². The normalized spacial score (nSPS) is 12.8. The molecule has 0 fully saturated rings. The van der Waals surface area contributed by atoms with Gasteiger partial charge in [0.2, 0.25) is 0 Å². The van der Waals surface area contributed by atoms with Gasteiger partial charge in [0.1, 0.15) is 18.1 Å². The van der Waals surface area contributed by atoms with Crippen molar-refractivity contribution in [2.24, 2.45) is 0 Å². The van der Waals surface area contributed by atoms with Gasteiger partial charge in [0, 0.05) is 18.7 Å². The van der Waals surface area contributed by atoms with Crippen molar-refractivity contribution < 1.29 is 13.9 Å². The van der Waals surface area contributed by atoms with Crippen LogP contribution in [-0.2, 0) is 22.6 Å². The van der Waals surface area contributed by atoms with E-state index in [1.165, 1.54) is 5.56 Å². The number of furan rings is 1. The van der Waals surface area contributed by atoms with Crippen LogP contribution in [-0.4, -0.2) is 25.9 Å². The fourth-order valence-electron chi connectivity index (χ4n) is 1.79. The van der Waals surface area contributed by atoms with Crippen LogP contribution >= 0.6 is 0 Å². The Labute approximate surface area is 116 Å². The summed E-state index contributed by atoms with van der Waals surface area (Å²) in [4.78, 5) is 0. The van der Waals surface area contributed by atoms with Gasteiger partial charge >= 0.3 is 0 Å². The molecule has 1 aromatic heterocycles. The van der Waals surface area contributed by atoms with Crippen LogP contribution in [0.25, 0.3) is 0 Å². The van der Waals surface area contributed by atoms with Crippen molar-refractivity contribution in [3.05, 3.63) is 23.2 Å². The fraction of sp³-hybridized carbons (Fsp3) is 0.733. The number of rotatable bonds is 10. The van der Waals surface area contributed by atoms with Crippen molar-refractivity contribution in [1.82, 2.24) is 5.32 Å². The zero-order valence-electron chi connectivity index (χ0n) is 12.6. The van der Waals surface area contributed by atoms with Crippen LogP contribution in [0.5, 0.6) is 0 Å². The van der Waals surface area contributed by atoms with Crippen LogP contribution in [0.2, 0.25) is 0 Å². The molecule has 0 bridgehead atoms. The minimum absolute atomic E-state index is 0.0898. The minimum atomic E-state index is 0.0898. The first kappa shape index (κ1) is 16.2. The Bertz CT molecular complexity index is 349. The highest BCUT2D eigenvalue weighted by atomic mass is 16.5. The van der Waals surface area contributed by atoms with Gasteiger partial charge in [-0.25, -0.2) is 0 Å². The van der Waals surface area contributed by atoms with E-state index in [4.69, 9.17) is 13.9 Å². The highest BCUT2D eigenvalue weighted by Gasteiger charge is 2.09. The van der Waals surface area contributed by atoms with E-state index in [1.54, 1.807) is 0 Å². The molecule has 0 aliphatic rings. The number of nitrogens with one attached hydrogen (secondary N) is 1. The summed E-state index contributed by atoms with van der Waals surface area (Å²) in [6.45, 7) is 11.9. The van der Waals surface area contributed by atoms with E-state index in [2.05, 4.69) is 18.3 Å². The number of hydrogen-bond donors (Lipinski definition) is 1. The average molecular weight is 269 g/mol. The molecule has 1 heterocycles. The summed E-state index contributed by atoms with van der Waals surface area (Å²) in [5.74, 6) is 1.86. The molecule has 1 aromatic rings. The van der Waals surface area contributed by atoms with E-state index in [0.717, 1.165) is 37.6 Å². The van der Waals surface area contributed by atoms with Gasteiger partial charge in [-0.05, 0) is 39.8 Å². The predicted octanol–water partition coefficient (Wildman–Crippen LogP) is 3.03. The van der Waals surface area contributed by atoms with Gasteiger partial charge in [-0.1, -0.05) is 6.92 Å². The van der Waals surface area contributed by atoms with Gasteiger partial charge in [0.05, 0.1) is 12.7 Å². The summed E-state index contributed by atoms with van der Waals surface area (Å²) >= 11 is 0. The van der Waals surface area contributed by atoms with Gasteiger partial charge in [0.25, 0.3) is 0 Å². The van der Waals surface area contributed by atoms with Gasteiger partial charge in [-0.2, -0.15) is 0 Å². The fourth-order valence-corrected chi connectivity index (χ4v) is 1.79. The lowest BCUT2D eigenvalue weighted by atomic mass is 10.2. The summed E-state index contributed by atoms with van der Waals surface area (Å²) in [7, 11) is 0. The molecule has 1 rings (SSSR count). The molecule has 1 atom stereocenters. The Morgan fingerprint density at radius 1 is 1.37 bits per heavy atom. The molecule has 4 heteroatoms. The van der Waals surface area contributed by atoms with Gasteiger partial charge in [-0.3, -0.25) is 0 Å². The molecule has 110 valence electrons. The summed E-state index contributed by atoms with van der Waals surface area (Å²) in [5.41, 5.74) is 1.21. The zero-order valence-corrected chi connectivity index (χ0v) is 12.6. The smallest absolute Gasteiger partial charge is 0.130 e. The van der Waals surface area contributed by atoms with Gasteiger partial charge < -0.3 is 19.2 Å².